The van der Waals surface area contributed by atoms with Crippen LogP contribution in [-0.2, 0) is 13.0 Å². The molecule has 0 aliphatic heterocycles. The van der Waals surface area contributed by atoms with E-state index in [1.54, 1.807) is 6.20 Å². The minimum absolute atomic E-state index is 0.886. The molecule has 0 aliphatic rings. The Morgan fingerprint density at radius 1 is 0.867 bits per heavy atom. The van der Waals surface area contributed by atoms with Crippen LogP contribution < -0.4 is 4.57 Å². The van der Waals surface area contributed by atoms with Crippen molar-refractivity contribution in [1.29, 1.82) is 0 Å². The molecule has 0 amide bonds. The van der Waals surface area contributed by atoms with Crippen LogP contribution in [0.3, 0.4) is 0 Å². The monoisotopic (exact) mass is 394 g/mol. The Hall–Kier alpha value is -3.73. The summed E-state index contributed by atoms with van der Waals surface area (Å²) >= 11 is 0. The van der Waals surface area contributed by atoms with E-state index in [2.05, 4.69) is 94.5 Å². The van der Waals surface area contributed by atoms with E-state index in [1.165, 1.54) is 22.3 Å². The van der Waals surface area contributed by atoms with Crippen molar-refractivity contribution in [1.82, 2.24) is 20.2 Å². The van der Waals surface area contributed by atoms with Crippen LogP contribution in [0.2, 0.25) is 0 Å². The van der Waals surface area contributed by atoms with Gasteiger partial charge in [0.15, 0.2) is 18.9 Å². The largest absolute Gasteiger partial charge is 0.333 e. The summed E-state index contributed by atoms with van der Waals surface area (Å²) in [7, 11) is 0. The van der Waals surface area contributed by atoms with Crippen molar-refractivity contribution in [3.8, 4) is 22.5 Å². The highest BCUT2D eigenvalue weighted by Gasteiger charge is 2.11. The number of pyridine rings is 1. The van der Waals surface area contributed by atoms with Gasteiger partial charge in [-0.05, 0) is 42.2 Å². The molecule has 148 valence electrons. The van der Waals surface area contributed by atoms with Gasteiger partial charge < -0.3 is 4.98 Å². The zero-order valence-corrected chi connectivity index (χ0v) is 17.2. The Bertz CT molecular complexity index is 1300. The molecule has 0 bridgehead atoms. The first-order chi connectivity index (χ1) is 14.7. The summed E-state index contributed by atoms with van der Waals surface area (Å²) in [6.07, 6.45) is 6.89. The SMILES string of the molecule is Cc1ccc(-c2ccc(-c3nc4cc[n+](CCc5ccn[nH]5)cc4[nH]3)cc2)cc1C. The molecule has 2 N–H and O–H groups in total. The number of imidazole rings is 1. The molecule has 0 radical (unpaired) electrons. The Labute approximate surface area is 175 Å². The number of hydrogen-bond acceptors (Lipinski definition) is 2. The van der Waals surface area contributed by atoms with Crippen LogP contribution in [-0.4, -0.2) is 20.2 Å². The zero-order valence-electron chi connectivity index (χ0n) is 17.2. The van der Waals surface area contributed by atoms with Crippen molar-refractivity contribution in [2.75, 3.05) is 0 Å². The Morgan fingerprint density at radius 2 is 1.67 bits per heavy atom. The molecule has 5 rings (SSSR count). The maximum Gasteiger partial charge on any atom is 0.194 e. The van der Waals surface area contributed by atoms with E-state index in [0.717, 1.165) is 41.1 Å². The number of aromatic amines is 2. The molecule has 5 aromatic rings. The quantitative estimate of drug-likeness (QED) is 0.422. The fourth-order valence-corrected chi connectivity index (χ4v) is 3.69. The van der Waals surface area contributed by atoms with Gasteiger partial charge in [-0.15, -0.1) is 0 Å². The van der Waals surface area contributed by atoms with Crippen LogP contribution >= 0.6 is 0 Å². The molecule has 3 heterocycles. The van der Waals surface area contributed by atoms with Gasteiger partial charge in [-0.2, -0.15) is 5.10 Å². The van der Waals surface area contributed by atoms with E-state index < -0.39 is 0 Å². The highest BCUT2D eigenvalue weighted by atomic mass is 15.1. The maximum absolute atomic E-state index is 4.78. The van der Waals surface area contributed by atoms with Crippen molar-refractivity contribution in [3.63, 3.8) is 0 Å². The highest BCUT2D eigenvalue weighted by Crippen LogP contribution is 2.26. The predicted octanol–water partition coefficient (Wildman–Crippen LogP) is 4.77. The lowest BCUT2D eigenvalue weighted by molar-refractivity contribution is -0.695. The average molecular weight is 395 g/mol. The molecular formula is C25H24N5+. The first kappa shape index (κ1) is 18.3. The van der Waals surface area contributed by atoms with Gasteiger partial charge in [-0.25, -0.2) is 9.55 Å². The molecule has 30 heavy (non-hydrogen) atoms. The number of nitrogens with zero attached hydrogens (tertiary/aromatic N) is 3. The fraction of sp³-hybridized carbons (Fsp3) is 0.160. The van der Waals surface area contributed by atoms with E-state index in [1.807, 2.05) is 6.07 Å². The number of hydrogen-bond donors (Lipinski definition) is 2. The van der Waals surface area contributed by atoms with Gasteiger partial charge in [0.25, 0.3) is 0 Å². The van der Waals surface area contributed by atoms with Gasteiger partial charge in [0.2, 0.25) is 0 Å². The Kier molecular flexibility index (Phi) is 4.64. The summed E-state index contributed by atoms with van der Waals surface area (Å²) in [6.45, 7) is 5.19. The second kappa shape index (κ2) is 7.59. The van der Waals surface area contributed by atoms with Crippen molar-refractivity contribution in [3.05, 3.63) is 90.0 Å². The second-order valence-electron chi connectivity index (χ2n) is 7.78. The summed E-state index contributed by atoms with van der Waals surface area (Å²) in [5, 5.41) is 7.01. The number of H-pyrrole nitrogens is 2. The van der Waals surface area contributed by atoms with Crippen LogP contribution in [0.25, 0.3) is 33.5 Å². The summed E-state index contributed by atoms with van der Waals surface area (Å²) in [4.78, 5) is 8.25. The van der Waals surface area contributed by atoms with Crippen LogP contribution in [0, 0.1) is 13.8 Å². The highest BCUT2D eigenvalue weighted by molar-refractivity contribution is 5.78. The van der Waals surface area contributed by atoms with E-state index >= 15 is 0 Å². The van der Waals surface area contributed by atoms with Crippen LogP contribution in [0.15, 0.2) is 73.2 Å². The first-order valence-electron chi connectivity index (χ1n) is 10.2. The summed E-state index contributed by atoms with van der Waals surface area (Å²) in [5.74, 6) is 0.892. The molecule has 0 saturated heterocycles. The smallest absolute Gasteiger partial charge is 0.194 e. The van der Waals surface area contributed by atoms with Crippen LogP contribution in [0.1, 0.15) is 16.8 Å². The van der Waals surface area contributed by atoms with Gasteiger partial charge in [-0.3, -0.25) is 5.10 Å². The zero-order chi connectivity index (χ0) is 20.5. The summed E-state index contributed by atoms with van der Waals surface area (Å²) < 4.78 is 2.17. The van der Waals surface area contributed by atoms with Crippen molar-refractivity contribution >= 4 is 11.0 Å². The number of fused-ring (bicyclic) bond motifs is 1. The molecule has 2 aromatic carbocycles. The molecule has 5 nitrogen and oxygen atoms in total. The van der Waals surface area contributed by atoms with Crippen LogP contribution in [0.4, 0.5) is 0 Å². The third-order valence-corrected chi connectivity index (χ3v) is 5.68. The number of benzene rings is 2. The van der Waals surface area contributed by atoms with Gasteiger partial charge in [-0.1, -0.05) is 42.5 Å². The van der Waals surface area contributed by atoms with Crippen molar-refractivity contribution in [2.24, 2.45) is 0 Å². The molecule has 0 fully saturated rings. The molecule has 5 heteroatoms. The van der Waals surface area contributed by atoms with Gasteiger partial charge >= 0.3 is 0 Å². The minimum Gasteiger partial charge on any atom is -0.333 e. The second-order valence-corrected chi connectivity index (χ2v) is 7.78. The molecule has 0 saturated carbocycles. The average Bonchev–Trinajstić information content (AvgIpc) is 3.44. The minimum atomic E-state index is 0.886. The molecule has 0 unspecified atom stereocenters. The lowest BCUT2D eigenvalue weighted by atomic mass is 9.99. The van der Waals surface area contributed by atoms with E-state index in [-0.39, 0.29) is 0 Å². The lowest BCUT2D eigenvalue weighted by Crippen LogP contribution is -2.33. The number of nitrogens with one attached hydrogen (secondary N) is 2. The number of rotatable bonds is 5. The standard InChI is InChI=1S/C25H23N5/c1-17-3-4-21(15-18(17)2)19-5-7-20(8-6-19)25-27-23-11-14-30(16-24(23)28-25)13-10-22-9-12-26-29-22/h3-9,11-12,14-16H,10,13H2,1-2H3,(H,26,29)/p+1. The summed E-state index contributed by atoms with van der Waals surface area (Å²) in [5.41, 5.74) is 9.33. The molecule has 3 aromatic heterocycles. The third-order valence-electron chi connectivity index (χ3n) is 5.68. The number of aromatic nitrogens is 5. The van der Waals surface area contributed by atoms with Crippen molar-refractivity contribution in [2.45, 2.75) is 26.8 Å². The Balaban J connectivity index is 1.38. The lowest BCUT2D eigenvalue weighted by Gasteiger charge is -2.06. The van der Waals surface area contributed by atoms with E-state index in [0.29, 0.717) is 0 Å². The molecule has 0 atom stereocenters. The maximum atomic E-state index is 4.78. The van der Waals surface area contributed by atoms with Crippen LogP contribution in [0.5, 0.6) is 0 Å². The van der Waals surface area contributed by atoms with Crippen molar-refractivity contribution < 1.29 is 4.57 Å². The van der Waals surface area contributed by atoms with Gasteiger partial charge in [0.05, 0.1) is 0 Å². The molecule has 0 spiro atoms. The number of aryl methyl sites for hydroxylation is 4. The summed E-state index contributed by atoms with van der Waals surface area (Å²) in [6, 6.07) is 19.3. The topological polar surface area (TPSA) is 61.2 Å². The first-order valence-corrected chi connectivity index (χ1v) is 10.2. The predicted molar refractivity (Wildman–Crippen MR) is 119 cm³/mol. The van der Waals surface area contributed by atoms with Gasteiger partial charge in [0, 0.05) is 29.9 Å². The van der Waals surface area contributed by atoms with E-state index in [4.69, 9.17) is 4.98 Å². The third kappa shape index (κ3) is 3.62. The normalized spacial score (nSPS) is 11.3. The van der Waals surface area contributed by atoms with Gasteiger partial charge in [0.1, 0.15) is 16.9 Å². The fourth-order valence-electron chi connectivity index (χ4n) is 3.69. The Morgan fingerprint density at radius 3 is 2.43 bits per heavy atom. The van der Waals surface area contributed by atoms with E-state index in [9.17, 15) is 0 Å². The molecule has 0 aliphatic carbocycles. The molecular weight excluding hydrogens is 370 g/mol.